The van der Waals surface area contributed by atoms with Crippen LogP contribution in [0.4, 0.5) is 0 Å². The third kappa shape index (κ3) is 4.63. The summed E-state index contributed by atoms with van der Waals surface area (Å²) < 4.78 is 6.03. The zero-order chi connectivity index (χ0) is 22.1. The van der Waals surface area contributed by atoms with Crippen LogP contribution in [0.3, 0.4) is 0 Å². The minimum atomic E-state index is -0.562. The summed E-state index contributed by atoms with van der Waals surface area (Å²) in [4.78, 5) is 11.0. The zero-order valence-electron chi connectivity index (χ0n) is 18.6. The molecule has 1 saturated carbocycles. The molecule has 6 heteroatoms. The topological polar surface area (TPSA) is 78.7 Å². The van der Waals surface area contributed by atoms with Gasteiger partial charge in [0.1, 0.15) is 24.3 Å². The molecule has 2 N–H and O–H groups in total. The predicted octanol–water partition coefficient (Wildman–Crippen LogP) is 3.58. The standard InChI is InChI=1S/C26H31N3O3/c1-18-27-14-20(15-28-18)25-13-23(12-19-4-2-3-5-24(19)25)32-17-22(30)16-29-10-6-21(7-11-29)26(31)8-9-26/h2-5,12-15,21-22,30-31H,6-11,16-17H2,1H3. The second-order valence-corrected chi connectivity index (χ2v) is 9.35. The molecule has 6 nitrogen and oxygen atoms in total. The van der Waals surface area contributed by atoms with E-state index in [0.29, 0.717) is 12.5 Å². The van der Waals surface area contributed by atoms with Gasteiger partial charge in [-0.15, -0.1) is 0 Å². The van der Waals surface area contributed by atoms with Gasteiger partial charge in [0, 0.05) is 24.5 Å². The first-order chi connectivity index (χ1) is 15.5. The van der Waals surface area contributed by atoms with Crippen LogP contribution < -0.4 is 4.74 Å². The van der Waals surface area contributed by atoms with Crippen LogP contribution in [0.5, 0.6) is 5.75 Å². The summed E-state index contributed by atoms with van der Waals surface area (Å²) in [6.45, 7) is 4.57. The lowest BCUT2D eigenvalue weighted by Gasteiger charge is -2.35. The predicted molar refractivity (Wildman–Crippen MR) is 125 cm³/mol. The lowest BCUT2D eigenvalue weighted by atomic mass is 9.89. The fourth-order valence-electron chi connectivity index (χ4n) is 4.87. The molecule has 2 aliphatic rings. The summed E-state index contributed by atoms with van der Waals surface area (Å²) in [6.07, 6.45) is 7.04. The molecule has 168 valence electrons. The molecule has 2 aromatic carbocycles. The van der Waals surface area contributed by atoms with Crippen LogP contribution in [0, 0.1) is 12.8 Å². The summed E-state index contributed by atoms with van der Waals surface area (Å²) in [5.74, 6) is 1.89. The van der Waals surface area contributed by atoms with Crippen molar-refractivity contribution in [2.45, 2.75) is 44.3 Å². The highest BCUT2D eigenvalue weighted by Crippen LogP contribution is 2.46. The molecule has 1 aliphatic heterocycles. The number of fused-ring (bicyclic) bond motifs is 1. The first-order valence-corrected chi connectivity index (χ1v) is 11.6. The summed E-state index contributed by atoms with van der Waals surface area (Å²) in [5, 5.41) is 23.1. The van der Waals surface area contributed by atoms with Crippen molar-refractivity contribution < 1.29 is 14.9 Å². The average Bonchev–Trinajstić information content (AvgIpc) is 3.56. The Bertz CT molecular complexity index is 1070. The SMILES string of the molecule is Cc1ncc(-c2cc(OCC(O)CN3CCC(C4(O)CC4)CC3)cc3ccccc23)cn1. The molecular weight excluding hydrogens is 402 g/mol. The van der Waals surface area contributed by atoms with Crippen LogP contribution in [0.25, 0.3) is 21.9 Å². The highest BCUT2D eigenvalue weighted by molar-refractivity contribution is 5.97. The van der Waals surface area contributed by atoms with E-state index < -0.39 is 6.10 Å². The minimum Gasteiger partial charge on any atom is -0.491 e. The Balaban J connectivity index is 1.24. The van der Waals surface area contributed by atoms with Gasteiger partial charge in [-0.1, -0.05) is 24.3 Å². The van der Waals surface area contributed by atoms with Crippen LogP contribution in [0.15, 0.2) is 48.8 Å². The van der Waals surface area contributed by atoms with Gasteiger partial charge in [-0.05, 0) is 80.1 Å². The summed E-state index contributed by atoms with van der Waals surface area (Å²) in [6, 6.07) is 12.2. The van der Waals surface area contributed by atoms with Gasteiger partial charge in [-0.3, -0.25) is 0 Å². The lowest BCUT2D eigenvalue weighted by Crippen LogP contribution is -2.43. The number of aliphatic hydroxyl groups is 2. The fraction of sp³-hybridized carbons (Fsp3) is 0.462. The lowest BCUT2D eigenvalue weighted by molar-refractivity contribution is 0.0175. The van der Waals surface area contributed by atoms with E-state index >= 15 is 0 Å². The van der Waals surface area contributed by atoms with Gasteiger partial charge < -0.3 is 19.8 Å². The van der Waals surface area contributed by atoms with Gasteiger partial charge in [0.15, 0.2) is 0 Å². The zero-order valence-corrected chi connectivity index (χ0v) is 18.6. The van der Waals surface area contributed by atoms with Crippen LogP contribution in [-0.4, -0.2) is 63.0 Å². The molecule has 5 rings (SSSR count). The Morgan fingerprint density at radius 1 is 1.12 bits per heavy atom. The van der Waals surface area contributed by atoms with Gasteiger partial charge in [0.25, 0.3) is 0 Å². The quantitative estimate of drug-likeness (QED) is 0.593. The Labute approximate surface area is 188 Å². The van der Waals surface area contributed by atoms with Gasteiger partial charge in [0.05, 0.1) is 5.60 Å². The Kier molecular flexibility index (Phi) is 5.84. The summed E-state index contributed by atoms with van der Waals surface area (Å²) in [7, 11) is 0. The van der Waals surface area contributed by atoms with E-state index in [-0.39, 0.29) is 12.2 Å². The van der Waals surface area contributed by atoms with E-state index in [0.717, 1.165) is 72.2 Å². The number of rotatable bonds is 7. The third-order valence-electron chi connectivity index (χ3n) is 6.95. The van der Waals surface area contributed by atoms with Crippen LogP contribution >= 0.6 is 0 Å². The molecule has 32 heavy (non-hydrogen) atoms. The number of aryl methyl sites for hydroxylation is 1. The molecule has 0 bridgehead atoms. The molecule has 1 atom stereocenters. The Morgan fingerprint density at radius 2 is 1.84 bits per heavy atom. The van der Waals surface area contributed by atoms with Crippen molar-refractivity contribution in [1.82, 2.24) is 14.9 Å². The Morgan fingerprint density at radius 3 is 2.56 bits per heavy atom. The van der Waals surface area contributed by atoms with E-state index in [4.69, 9.17) is 4.74 Å². The molecule has 3 aromatic rings. The minimum absolute atomic E-state index is 0.242. The van der Waals surface area contributed by atoms with E-state index in [1.165, 1.54) is 0 Å². The maximum Gasteiger partial charge on any atom is 0.125 e. The van der Waals surface area contributed by atoms with Crippen LogP contribution in [0.1, 0.15) is 31.5 Å². The average molecular weight is 434 g/mol. The summed E-state index contributed by atoms with van der Waals surface area (Å²) in [5.41, 5.74) is 1.58. The molecule has 1 aliphatic carbocycles. The second-order valence-electron chi connectivity index (χ2n) is 9.35. The summed E-state index contributed by atoms with van der Waals surface area (Å²) >= 11 is 0. The van der Waals surface area contributed by atoms with Gasteiger partial charge in [-0.25, -0.2) is 9.97 Å². The van der Waals surface area contributed by atoms with Gasteiger partial charge in [0.2, 0.25) is 0 Å². The Hall–Kier alpha value is -2.54. The van der Waals surface area contributed by atoms with E-state index in [1.807, 2.05) is 43.6 Å². The van der Waals surface area contributed by atoms with Crippen molar-refractivity contribution in [3.63, 3.8) is 0 Å². The van der Waals surface area contributed by atoms with Crippen molar-refractivity contribution in [3.05, 3.63) is 54.6 Å². The third-order valence-corrected chi connectivity index (χ3v) is 6.95. The van der Waals surface area contributed by atoms with Crippen molar-refractivity contribution in [2.24, 2.45) is 5.92 Å². The molecule has 1 saturated heterocycles. The van der Waals surface area contributed by atoms with Crippen molar-refractivity contribution in [3.8, 4) is 16.9 Å². The number of hydrogen-bond acceptors (Lipinski definition) is 6. The van der Waals surface area contributed by atoms with Crippen molar-refractivity contribution >= 4 is 10.8 Å². The number of hydrogen-bond donors (Lipinski definition) is 2. The van der Waals surface area contributed by atoms with E-state index in [1.54, 1.807) is 0 Å². The van der Waals surface area contributed by atoms with Gasteiger partial charge in [-0.2, -0.15) is 0 Å². The molecule has 2 heterocycles. The normalized spacial score (nSPS) is 19.7. The number of aliphatic hydroxyl groups excluding tert-OH is 1. The van der Waals surface area contributed by atoms with Crippen molar-refractivity contribution in [1.29, 1.82) is 0 Å². The molecular formula is C26H31N3O3. The molecule has 1 unspecified atom stereocenters. The number of aromatic nitrogens is 2. The molecule has 1 aromatic heterocycles. The number of β-amino-alcohol motifs (C(OH)–C–C–N with tert-alkyl or cyclic N) is 1. The maximum absolute atomic E-state index is 10.6. The molecule has 0 amide bonds. The number of ether oxygens (including phenoxy) is 1. The number of piperidine rings is 1. The first-order valence-electron chi connectivity index (χ1n) is 11.6. The number of benzene rings is 2. The van der Waals surface area contributed by atoms with Crippen LogP contribution in [0.2, 0.25) is 0 Å². The number of likely N-dealkylation sites (tertiary alicyclic amines) is 1. The first kappa shape index (κ1) is 21.3. The van der Waals surface area contributed by atoms with E-state index in [2.05, 4.69) is 27.0 Å². The highest BCUT2D eigenvalue weighted by Gasteiger charge is 2.48. The van der Waals surface area contributed by atoms with Crippen LogP contribution in [-0.2, 0) is 0 Å². The highest BCUT2D eigenvalue weighted by atomic mass is 16.5. The van der Waals surface area contributed by atoms with E-state index in [9.17, 15) is 10.2 Å². The number of nitrogens with zero attached hydrogens (tertiary/aromatic N) is 3. The maximum atomic E-state index is 10.6. The monoisotopic (exact) mass is 433 g/mol. The second kappa shape index (κ2) is 8.77. The molecule has 2 fully saturated rings. The fourth-order valence-corrected chi connectivity index (χ4v) is 4.87. The molecule has 0 spiro atoms. The molecule has 0 radical (unpaired) electrons. The van der Waals surface area contributed by atoms with Gasteiger partial charge >= 0.3 is 0 Å². The van der Waals surface area contributed by atoms with Crippen molar-refractivity contribution in [2.75, 3.05) is 26.2 Å². The smallest absolute Gasteiger partial charge is 0.125 e. The largest absolute Gasteiger partial charge is 0.491 e.